The number of hydrogen-bond acceptors (Lipinski definition) is 5. The molecule has 0 saturated carbocycles. The summed E-state index contributed by atoms with van der Waals surface area (Å²) in [7, 11) is 0. The predicted octanol–water partition coefficient (Wildman–Crippen LogP) is 2.01. The van der Waals surface area contributed by atoms with Crippen LogP contribution in [-0.4, -0.2) is 49.3 Å². The maximum atomic E-state index is 12.6. The standard InChI is InChI=1S/C16H20N4O4/c1-11(2)18(10-12(3)21)16(22)15-8-9-19(17-15)13-4-6-14(7-5-13)20(23)24/h4-9,11-12,21H,10H2,1-3H3. The number of nitro groups is 1. The largest absolute Gasteiger partial charge is 0.392 e. The van der Waals surface area contributed by atoms with Crippen LogP contribution in [0, 0.1) is 10.1 Å². The number of aliphatic hydroxyl groups is 1. The number of non-ortho nitro benzene ring substituents is 1. The smallest absolute Gasteiger partial charge is 0.274 e. The van der Waals surface area contributed by atoms with Crippen molar-refractivity contribution in [2.45, 2.75) is 32.9 Å². The fourth-order valence-corrected chi connectivity index (χ4v) is 2.27. The molecular formula is C16H20N4O4. The van der Waals surface area contributed by atoms with Crippen molar-refractivity contribution in [1.82, 2.24) is 14.7 Å². The number of nitrogens with zero attached hydrogens (tertiary/aromatic N) is 4. The SMILES string of the molecule is CC(O)CN(C(=O)c1ccn(-c2ccc([N+](=O)[O-])cc2)n1)C(C)C. The molecule has 2 aromatic rings. The second kappa shape index (κ2) is 7.22. The van der Waals surface area contributed by atoms with Crippen molar-refractivity contribution in [3.8, 4) is 5.69 Å². The molecule has 0 fully saturated rings. The highest BCUT2D eigenvalue weighted by Gasteiger charge is 2.22. The molecule has 2 rings (SSSR count). The molecule has 1 aromatic heterocycles. The first-order valence-corrected chi connectivity index (χ1v) is 7.59. The van der Waals surface area contributed by atoms with Gasteiger partial charge in [-0.25, -0.2) is 4.68 Å². The fraction of sp³-hybridized carbons (Fsp3) is 0.375. The summed E-state index contributed by atoms with van der Waals surface area (Å²) < 4.78 is 1.48. The third-order valence-electron chi connectivity index (χ3n) is 3.48. The summed E-state index contributed by atoms with van der Waals surface area (Å²) in [6.07, 6.45) is 0.989. The van der Waals surface area contributed by atoms with Crippen molar-refractivity contribution in [2.24, 2.45) is 0 Å². The first kappa shape index (κ1) is 17.6. The Morgan fingerprint density at radius 2 is 1.92 bits per heavy atom. The van der Waals surface area contributed by atoms with E-state index >= 15 is 0 Å². The minimum absolute atomic E-state index is 0.00915. The second-order valence-electron chi connectivity index (χ2n) is 5.82. The molecule has 1 aromatic carbocycles. The van der Waals surface area contributed by atoms with Crippen molar-refractivity contribution in [1.29, 1.82) is 0 Å². The normalized spacial score (nSPS) is 12.2. The molecule has 8 heteroatoms. The van der Waals surface area contributed by atoms with Crippen LogP contribution in [0.3, 0.4) is 0 Å². The summed E-state index contributed by atoms with van der Waals surface area (Å²) in [4.78, 5) is 24.3. The first-order chi connectivity index (χ1) is 11.3. The van der Waals surface area contributed by atoms with Gasteiger partial charge in [0, 0.05) is 30.9 Å². The van der Waals surface area contributed by atoms with Crippen molar-refractivity contribution in [2.75, 3.05) is 6.54 Å². The molecule has 24 heavy (non-hydrogen) atoms. The molecular weight excluding hydrogens is 312 g/mol. The molecule has 1 N–H and O–H groups in total. The second-order valence-corrected chi connectivity index (χ2v) is 5.82. The highest BCUT2D eigenvalue weighted by Crippen LogP contribution is 2.16. The van der Waals surface area contributed by atoms with Gasteiger partial charge in [-0.05, 0) is 39.0 Å². The number of hydrogen-bond donors (Lipinski definition) is 1. The third kappa shape index (κ3) is 3.96. The Labute approximate surface area is 139 Å². The Kier molecular flexibility index (Phi) is 5.30. The number of rotatable bonds is 6. The van der Waals surface area contributed by atoms with Gasteiger partial charge < -0.3 is 10.0 Å². The van der Waals surface area contributed by atoms with Crippen LogP contribution in [0.2, 0.25) is 0 Å². The summed E-state index contributed by atoms with van der Waals surface area (Å²) in [6, 6.07) is 7.40. The van der Waals surface area contributed by atoms with E-state index in [0.29, 0.717) is 5.69 Å². The molecule has 0 bridgehead atoms. The summed E-state index contributed by atoms with van der Waals surface area (Å²) >= 11 is 0. The minimum Gasteiger partial charge on any atom is -0.392 e. The fourth-order valence-electron chi connectivity index (χ4n) is 2.27. The van der Waals surface area contributed by atoms with E-state index in [1.807, 2.05) is 13.8 Å². The van der Waals surface area contributed by atoms with Crippen LogP contribution >= 0.6 is 0 Å². The number of nitro benzene ring substituents is 1. The predicted molar refractivity (Wildman–Crippen MR) is 88.1 cm³/mol. The van der Waals surface area contributed by atoms with Crippen LogP contribution in [-0.2, 0) is 0 Å². The number of carbonyl (C=O) groups excluding carboxylic acids is 1. The molecule has 0 aliphatic heterocycles. The number of amides is 1. The quantitative estimate of drug-likeness (QED) is 0.644. The van der Waals surface area contributed by atoms with E-state index in [2.05, 4.69) is 5.10 Å². The van der Waals surface area contributed by atoms with Crippen LogP contribution in [0.25, 0.3) is 5.69 Å². The highest BCUT2D eigenvalue weighted by molar-refractivity contribution is 5.92. The molecule has 1 amide bonds. The van der Waals surface area contributed by atoms with Gasteiger partial charge in [0.25, 0.3) is 11.6 Å². The monoisotopic (exact) mass is 332 g/mol. The average molecular weight is 332 g/mol. The van der Waals surface area contributed by atoms with Crippen LogP contribution in [0.15, 0.2) is 36.5 Å². The Morgan fingerprint density at radius 3 is 2.42 bits per heavy atom. The maximum absolute atomic E-state index is 12.6. The van der Waals surface area contributed by atoms with Crippen LogP contribution in [0.4, 0.5) is 5.69 Å². The summed E-state index contributed by atoms with van der Waals surface area (Å²) in [5.74, 6) is -0.272. The zero-order valence-electron chi connectivity index (χ0n) is 13.8. The Hall–Kier alpha value is -2.74. The lowest BCUT2D eigenvalue weighted by Gasteiger charge is -2.27. The average Bonchev–Trinajstić information content (AvgIpc) is 3.01. The molecule has 128 valence electrons. The van der Waals surface area contributed by atoms with Crippen molar-refractivity contribution < 1.29 is 14.8 Å². The first-order valence-electron chi connectivity index (χ1n) is 7.59. The number of aliphatic hydroxyl groups excluding tert-OH is 1. The highest BCUT2D eigenvalue weighted by atomic mass is 16.6. The van der Waals surface area contributed by atoms with E-state index in [1.54, 1.807) is 36.2 Å². The van der Waals surface area contributed by atoms with Gasteiger partial charge in [-0.1, -0.05) is 0 Å². The van der Waals surface area contributed by atoms with E-state index in [9.17, 15) is 20.0 Å². The number of benzene rings is 1. The van der Waals surface area contributed by atoms with E-state index in [0.717, 1.165) is 0 Å². The molecule has 0 radical (unpaired) electrons. The van der Waals surface area contributed by atoms with Crippen molar-refractivity contribution in [3.05, 3.63) is 52.3 Å². The molecule has 1 unspecified atom stereocenters. The lowest BCUT2D eigenvalue weighted by atomic mass is 10.2. The zero-order chi connectivity index (χ0) is 17.9. The zero-order valence-corrected chi connectivity index (χ0v) is 13.8. The topological polar surface area (TPSA) is 102 Å². The maximum Gasteiger partial charge on any atom is 0.274 e. The van der Waals surface area contributed by atoms with Crippen LogP contribution in [0.1, 0.15) is 31.3 Å². The molecule has 0 saturated heterocycles. The number of carbonyl (C=O) groups is 1. The Balaban J connectivity index is 2.22. The molecule has 1 atom stereocenters. The molecule has 0 aliphatic carbocycles. The molecule has 8 nitrogen and oxygen atoms in total. The lowest BCUT2D eigenvalue weighted by molar-refractivity contribution is -0.384. The van der Waals surface area contributed by atoms with Crippen LogP contribution < -0.4 is 0 Å². The van der Waals surface area contributed by atoms with Crippen molar-refractivity contribution in [3.63, 3.8) is 0 Å². The molecule has 1 heterocycles. The van der Waals surface area contributed by atoms with Gasteiger partial charge in [0.15, 0.2) is 5.69 Å². The molecule has 0 aliphatic rings. The minimum atomic E-state index is -0.631. The van der Waals surface area contributed by atoms with Crippen LogP contribution in [0.5, 0.6) is 0 Å². The van der Waals surface area contributed by atoms with Gasteiger partial charge in [-0.15, -0.1) is 0 Å². The van der Waals surface area contributed by atoms with Gasteiger partial charge in [0.2, 0.25) is 0 Å². The van der Waals surface area contributed by atoms with E-state index in [4.69, 9.17) is 0 Å². The van der Waals surface area contributed by atoms with Crippen molar-refractivity contribution >= 4 is 11.6 Å². The van der Waals surface area contributed by atoms with Gasteiger partial charge >= 0.3 is 0 Å². The summed E-state index contributed by atoms with van der Waals surface area (Å²) in [5.41, 5.74) is 0.860. The Bertz CT molecular complexity index is 722. The summed E-state index contributed by atoms with van der Waals surface area (Å²) in [5, 5.41) is 24.5. The Morgan fingerprint density at radius 1 is 1.29 bits per heavy atom. The lowest BCUT2D eigenvalue weighted by Crippen LogP contribution is -2.41. The van der Waals surface area contributed by atoms with Gasteiger partial charge in [-0.2, -0.15) is 5.10 Å². The molecule has 0 spiro atoms. The number of aromatic nitrogens is 2. The van der Waals surface area contributed by atoms with Gasteiger partial charge in [0.1, 0.15) is 0 Å². The third-order valence-corrected chi connectivity index (χ3v) is 3.48. The van der Waals surface area contributed by atoms with E-state index in [1.165, 1.54) is 16.8 Å². The van der Waals surface area contributed by atoms with E-state index < -0.39 is 11.0 Å². The summed E-state index contributed by atoms with van der Waals surface area (Å²) in [6.45, 7) is 5.58. The van der Waals surface area contributed by atoms with Gasteiger partial charge in [-0.3, -0.25) is 14.9 Å². The van der Waals surface area contributed by atoms with Gasteiger partial charge in [0.05, 0.1) is 16.7 Å². The van der Waals surface area contributed by atoms with E-state index in [-0.39, 0.29) is 29.9 Å².